The summed E-state index contributed by atoms with van der Waals surface area (Å²) in [7, 11) is 0. The van der Waals surface area contributed by atoms with Gasteiger partial charge in [0.15, 0.2) is 0 Å². The molecule has 1 N–H and O–H groups in total. The third-order valence-electron chi connectivity index (χ3n) is 3.27. The van der Waals surface area contributed by atoms with Gasteiger partial charge in [0.1, 0.15) is 11.6 Å². The lowest BCUT2D eigenvalue weighted by Gasteiger charge is -2.39. The lowest BCUT2D eigenvalue weighted by atomic mass is 10.1. The van der Waals surface area contributed by atoms with Gasteiger partial charge in [0.05, 0.1) is 17.9 Å². The van der Waals surface area contributed by atoms with Gasteiger partial charge in [0.2, 0.25) is 0 Å². The predicted molar refractivity (Wildman–Crippen MR) is 73.9 cm³/mol. The van der Waals surface area contributed by atoms with E-state index in [9.17, 15) is 18.0 Å². The first-order valence-corrected chi connectivity index (χ1v) is 7.01. The van der Waals surface area contributed by atoms with Crippen LogP contribution in [0, 0.1) is 0 Å². The van der Waals surface area contributed by atoms with E-state index in [1.165, 1.54) is 6.20 Å². The summed E-state index contributed by atoms with van der Waals surface area (Å²) in [4.78, 5) is 13.9. The van der Waals surface area contributed by atoms with Crippen molar-refractivity contribution in [2.24, 2.45) is 0 Å². The van der Waals surface area contributed by atoms with Crippen LogP contribution in [0.25, 0.3) is 0 Å². The van der Waals surface area contributed by atoms with Gasteiger partial charge in [-0.1, -0.05) is 18.5 Å². The molecule has 1 aromatic heterocycles. The lowest BCUT2D eigenvalue weighted by Crippen LogP contribution is -2.58. The van der Waals surface area contributed by atoms with Crippen LogP contribution in [0.5, 0.6) is 0 Å². The molecule has 118 valence electrons. The summed E-state index contributed by atoms with van der Waals surface area (Å²) >= 11 is 5.98. The predicted octanol–water partition coefficient (Wildman–Crippen LogP) is 1.65. The van der Waals surface area contributed by atoms with Gasteiger partial charge in [-0.05, 0) is 6.42 Å². The van der Waals surface area contributed by atoms with Crippen LogP contribution in [0.2, 0.25) is 5.02 Å². The average molecular weight is 325 g/mol. The maximum atomic E-state index is 12.4. The monoisotopic (exact) mass is 324 g/mol. The molecule has 0 saturated carbocycles. The number of hydrogen-bond acceptors (Lipinski definition) is 4. The molecule has 9 heteroatoms. The summed E-state index contributed by atoms with van der Waals surface area (Å²) in [5.41, 5.74) is -0.520. The Bertz CT molecular complexity index is 556. The first kappa shape index (κ1) is 16.1. The number of halogens is 4. The Kier molecular flexibility index (Phi) is 4.77. The van der Waals surface area contributed by atoms with E-state index in [-0.39, 0.29) is 11.1 Å². The molecule has 2 heterocycles. The van der Waals surface area contributed by atoms with Crippen molar-refractivity contribution >= 4 is 17.3 Å². The lowest BCUT2D eigenvalue weighted by molar-refractivity contribution is -0.143. The first-order chi connectivity index (χ1) is 9.83. The van der Waals surface area contributed by atoms with Gasteiger partial charge in [-0.3, -0.25) is 4.79 Å². The van der Waals surface area contributed by atoms with Crippen LogP contribution >= 0.6 is 11.6 Å². The fourth-order valence-corrected chi connectivity index (χ4v) is 2.43. The maximum Gasteiger partial charge on any atom is 0.408 e. The molecule has 0 unspecified atom stereocenters. The number of nitrogens with one attached hydrogen (secondary N) is 1. The molecule has 1 saturated heterocycles. The molecule has 1 aromatic rings. The minimum Gasteiger partial charge on any atom is -0.363 e. The van der Waals surface area contributed by atoms with Crippen molar-refractivity contribution in [1.82, 2.24) is 15.1 Å². The second kappa shape index (κ2) is 6.23. The smallest absolute Gasteiger partial charge is 0.363 e. The van der Waals surface area contributed by atoms with Gasteiger partial charge in [0.25, 0.3) is 5.56 Å². The van der Waals surface area contributed by atoms with E-state index < -0.39 is 18.3 Å². The first-order valence-electron chi connectivity index (χ1n) is 6.63. The highest BCUT2D eigenvalue weighted by Crippen LogP contribution is 2.25. The van der Waals surface area contributed by atoms with E-state index in [0.717, 1.165) is 19.5 Å². The third kappa shape index (κ3) is 3.68. The number of anilines is 1. The van der Waals surface area contributed by atoms with Crippen molar-refractivity contribution in [2.45, 2.75) is 32.1 Å². The molecule has 0 aliphatic carbocycles. The normalized spacial score (nSPS) is 15.9. The molecule has 0 bridgehead atoms. The molecule has 1 aliphatic heterocycles. The molecule has 21 heavy (non-hydrogen) atoms. The summed E-state index contributed by atoms with van der Waals surface area (Å²) in [6.45, 7) is 2.70. The Morgan fingerprint density at radius 3 is 2.67 bits per heavy atom. The summed E-state index contributed by atoms with van der Waals surface area (Å²) in [5, 5.41) is 6.50. The van der Waals surface area contributed by atoms with Gasteiger partial charge in [-0.15, -0.1) is 0 Å². The molecule has 2 rings (SSSR count). The molecule has 0 aromatic carbocycles. The van der Waals surface area contributed by atoms with Crippen LogP contribution in [0.1, 0.15) is 13.3 Å². The Labute approximate surface area is 124 Å². The van der Waals surface area contributed by atoms with E-state index in [1.807, 2.05) is 11.8 Å². The quantitative estimate of drug-likeness (QED) is 0.895. The fraction of sp³-hybridized carbons (Fsp3) is 0.667. The summed E-state index contributed by atoms with van der Waals surface area (Å²) in [5.74, 6) is 0. The van der Waals surface area contributed by atoms with Gasteiger partial charge in [0, 0.05) is 19.6 Å². The summed E-state index contributed by atoms with van der Waals surface area (Å²) < 4.78 is 37.4. The maximum absolute atomic E-state index is 12.4. The Balaban J connectivity index is 2.32. The second-order valence-corrected chi connectivity index (χ2v) is 5.31. The topological polar surface area (TPSA) is 50.2 Å². The number of aromatic nitrogens is 2. The molecular weight excluding hydrogens is 309 g/mol. The highest BCUT2D eigenvalue weighted by Gasteiger charge is 2.31. The molecule has 0 spiro atoms. The SMILES string of the molecule is CCCN(c1cnn(CC(F)(F)F)c(=O)c1Cl)C1CNC1. The van der Waals surface area contributed by atoms with Crippen LogP contribution in [0.15, 0.2) is 11.0 Å². The van der Waals surface area contributed by atoms with Gasteiger partial charge < -0.3 is 10.2 Å². The van der Waals surface area contributed by atoms with Crippen molar-refractivity contribution in [1.29, 1.82) is 0 Å². The summed E-state index contributed by atoms with van der Waals surface area (Å²) in [6.07, 6.45) is -2.44. The molecule has 0 radical (unpaired) electrons. The minimum atomic E-state index is -4.51. The van der Waals surface area contributed by atoms with E-state index >= 15 is 0 Å². The molecule has 5 nitrogen and oxygen atoms in total. The second-order valence-electron chi connectivity index (χ2n) is 4.93. The number of rotatable bonds is 5. The Morgan fingerprint density at radius 1 is 1.52 bits per heavy atom. The standard InChI is InChI=1S/C12H16ClF3N4O/c1-2-3-19(8-4-17-5-8)9-6-18-20(7-12(14,15)16)11(21)10(9)13/h6,8,17H,2-5,7H2,1H3. The van der Waals surface area contributed by atoms with Crippen molar-refractivity contribution < 1.29 is 13.2 Å². The van der Waals surface area contributed by atoms with Crippen molar-refractivity contribution in [2.75, 3.05) is 24.5 Å². The van der Waals surface area contributed by atoms with E-state index in [0.29, 0.717) is 16.9 Å². The van der Waals surface area contributed by atoms with Crippen LogP contribution in [-0.2, 0) is 6.54 Å². The highest BCUT2D eigenvalue weighted by molar-refractivity contribution is 6.33. The van der Waals surface area contributed by atoms with Gasteiger partial charge in [-0.25, -0.2) is 4.68 Å². The summed E-state index contributed by atoms with van der Waals surface area (Å²) in [6, 6.07) is 0.183. The highest BCUT2D eigenvalue weighted by atomic mass is 35.5. The molecule has 0 atom stereocenters. The van der Waals surface area contributed by atoms with Crippen molar-refractivity contribution in [3.63, 3.8) is 0 Å². The van der Waals surface area contributed by atoms with E-state index in [2.05, 4.69) is 10.4 Å². The van der Waals surface area contributed by atoms with Crippen molar-refractivity contribution in [3.8, 4) is 0 Å². The molecule has 1 aliphatic rings. The van der Waals surface area contributed by atoms with Crippen LogP contribution in [-0.4, -0.2) is 41.6 Å². The number of alkyl halides is 3. The van der Waals surface area contributed by atoms with Crippen LogP contribution < -0.4 is 15.8 Å². The third-order valence-corrected chi connectivity index (χ3v) is 3.63. The zero-order valence-electron chi connectivity index (χ0n) is 11.5. The number of nitrogens with zero attached hydrogens (tertiary/aromatic N) is 3. The minimum absolute atomic E-state index is 0.183. The van der Waals surface area contributed by atoms with Crippen LogP contribution in [0.4, 0.5) is 18.9 Å². The fourth-order valence-electron chi connectivity index (χ4n) is 2.17. The van der Waals surface area contributed by atoms with Crippen molar-refractivity contribution in [3.05, 3.63) is 21.6 Å². The zero-order valence-corrected chi connectivity index (χ0v) is 12.2. The van der Waals surface area contributed by atoms with Crippen LogP contribution in [0.3, 0.4) is 0 Å². The van der Waals surface area contributed by atoms with E-state index in [4.69, 9.17) is 11.6 Å². The average Bonchev–Trinajstić information content (AvgIpc) is 2.31. The molecule has 0 amide bonds. The Morgan fingerprint density at radius 2 is 2.19 bits per heavy atom. The van der Waals surface area contributed by atoms with E-state index in [1.54, 1.807) is 0 Å². The molecule has 1 fully saturated rings. The van der Waals surface area contributed by atoms with Gasteiger partial charge in [-0.2, -0.15) is 18.3 Å². The largest absolute Gasteiger partial charge is 0.408 e. The van der Waals surface area contributed by atoms with Gasteiger partial charge >= 0.3 is 6.18 Å². The Hall–Kier alpha value is -1.28. The number of hydrogen-bond donors (Lipinski definition) is 1. The molecular formula is C12H16ClF3N4O. The zero-order chi connectivity index (χ0) is 15.6.